The number of hydrogen-bond acceptors (Lipinski definition) is 4. The van der Waals surface area contributed by atoms with E-state index in [9.17, 15) is 4.79 Å². The van der Waals surface area contributed by atoms with Crippen molar-refractivity contribution in [2.45, 2.75) is 31.7 Å². The summed E-state index contributed by atoms with van der Waals surface area (Å²) in [6.45, 7) is 3.61. The topological polar surface area (TPSA) is 79.3 Å². The molecule has 134 valence electrons. The molecule has 5 nitrogen and oxygen atoms in total. The molecule has 1 amide bonds. The van der Waals surface area contributed by atoms with Crippen molar-refractivity contribution in [1.82, 2.24) is 4.90 Å². The summed E-state index contributed by atoms with van der Waals surface area (Å²) in [5, 5.41) is 8.83. The van der Waals surface area contributed by atoms with E-state index in [1.165, 1.54) is 0 Å². The van der Waals surface area contributed by atoms with E-state index in [4.69, 9.17) is 15.7 Å². The van der Waals surface area contributed by atoms with Crippen LogP contribution in [-0.4, -0.2) is 29.9 Å². The molecule has 26 heavy (non-hydrogen) atoms. The number of likely N-dealkylation sites (tertiary alicyclic amines) is 1. The molecule has 1 aliphatic heterocycles. The molecule has 1 heterocycles. The fourth-order valence-electron chi connectivity index (χ4n) is 3.14. The summed E-state index contributed by atoms with van der Waals surface area (Å²) in [5.74, 6) is 1.34. The molecule has 5 heteroatoms. The van der Waals surface area contributed by atoms with E-state index >= 15 is 0 Å². The zero-order valence-corrected chi connectivity index (χ0v) is 14.9. The van der Waals surface area contributed by atoms with Crippen LogP contribution in [0.25, 0.3) is 0 Å². The summed E-state index contributed by atoms with van der Waals surface area (Å²) in [7, 11) is 0. The molecule has 0 saturated carbocycles. The predicted octanol–water partition coefficient (Wildman–Crippen LogP) is 3.40. The number of carbonyl (C=O) groups excluding carboxylic acids is 1. The number of nitrogens with zero attached hydrogens (tertiary/aromatic N) is 2. The normalized spacial score (nSPS) is 16.0. The van der Waals surface area contributed by atoms with Crippen molar-refractivity contribution in [2.75, 3.05) is 13.1 Å². The second kappa shape index (κ2) is 8.03. The van der Waals surface area contributed by atoms with Crippen molar-refractivity contribution in [3.05, 3.63) is 59.7 Å². The van der Waals surface area contributed by atoms with Crippen molar-refractivity contribution in [3.63, 3.8) is 0 Å². The highest BCUT2D eigenvalue weighted by Crippen LogP contribution is 2.26. The second-order valence-electron chi connectivity index (χ2n) is 6.65. The van der Waals surface area contributed by atoms with Gasteiger partial charge in [-0.2, -0.15) is 5.26 Å². The molecule has 0 radical (unpaired) electrons. The first kappa shape index (κ1) is 18.0. The van der Waals surface area contributed by atoms with Gasteiger partial charge in [-0.1, -0.05) is 19.1 Å². The number of ether oxygens (including phenoxy) is 1. The third-order valence-corrected chi connectivity index (χ3v) is 4.87. The van der Waals surface area contributed by atoms with Crippen molar-refractivity contribution in [3.8, 4) is 17.6 Å². The molecular weight excluding hydrogens is 326 g/mol. The lowest BCUT2D eigenvalue weighted by Crippen LogP contribution is -2.45. The van der Waals surface area contributed by atoms with Crippen molar-refractivity contribution < 1.29 is 9.53 Å². The lowest BCUT2D eigenvalue weighted by Gasteiger charge is -2.25. The fourth-order valence-corrected chi connectivity index (χ4v) is 3.14. The first-order valence-electron chi connectivity index (χ1n) is 8.91. The Morgan fingerprint density at radius 3 is 2.15 bits per heavy atom. The maximum absolute atomic E-state index is 12.5. The molecule has 0 aliphatic carbocycles. The molecule has 1 unspecified atom stereocenters. The maximum Gasteiger partial charge on any atom is 0.240 e. The zero-order valence-electron chi connectivity index (χ0n) is 14.9. The van der Waals surface area contributed by atoms with Crippen molar-refractivity contribution in [2.24, 2.45) is 5.73 Å². The van der Waals surface area contributed by atoms with Crippen LogP contribution < -0.4 is 10.5 Å². The van der Waals surface area contributed by atoms with Crippen LogP contribution in [0.3, 0.4) is 0 Å². The largest absolute Gasteiger partial charge is 0.457 e. The highest BCUT2D eigenvalue weighted by Gasteiger charge is 2.28. The SMILES string of the molecule is CC(c1ccc(Oc2ccc(C#N)cc2)cc1)[C@H](N)C(=O)N1CCCC1. The third kappa shape index (κ3) is 4.04. The average molecular weight is 349 g/mol. The highest BCUT2D eigenvalue weighted by atomic mass is 16.5. The minimum Gasteiger partial charge on any atom is -0.457 e. The zero-order chi connectivity index (χ0) is 18.5. The van der Waals surface area contributed by atoms with Crippen LogP contribution in [0, 0.1) is 11.3 Å². The monoisotopic (exact) mass is 349 g/mol. The van der Waals surface area contributed by atoms with E-state index in [1.54, 1.807) is 24.3 Å². The summed E-state index contributed by atoms with van der Waals surface area (Å²) in [4.78, 5) is 14.3. The summed E-state index contributed by atoms with van der Waals surface area (Å²) >= 11 is 0. The van der Waals surface area contributed by atoms with Gasteiger partial charge in [0.05, 0.1) is 17.7 Å². The molecule has 1 aliphatic rings. The average Bonchev–Trinajstić information content (AvgIpc) is 3.22. The molecule has 0 spiro atoms. The van der Waals surface area contributed by atoms with Gasteiger partial charge in [0.15, 0.2) is 0 Å². The Morgan fingerprint density at radius 1 is 1.08 bits per heavy atom. The molecule has 2 aromatic carbocycles. The highest BCUT2D eigenvalue weighted by molar-refractivity contribution is 5.83. The quantitative estimate of drug-likeness (QED) is 0.897. The first-order chi connectivity index (χ1) is 12.6. The Morgan fingerprint density at radius 2 is 1.62 bits per heavy atom. The molecule has 0 aromatic heterocycles. The van der Waals surface area contributed by atoms with E-state index < -0.39 is 6.04 Å². The van der Waals surface area contributed by atoms with Gasteiger partial charge in [-0.05, 0) is 54.8 Å². The molecular formula is C21H23N3O2. The molecule has 1 saturated heterocycles. The van der Waals surface area contributed by atoms with Crippen LogP contribution >= 0.6 is 0 Å². The van der Waals surface area contributed by atoms with Crippen LogP contribution in [0.4, 0.5) is 0 Å². The Labute approximate surface area is 154 Å². The molecule has 0 bridgehead atoms. The van der Waals surface area contributed by atoms with Crippen molar-refractivity contribution in [1.29, 1.82) is 5.26 Å². The number of rotatable bonds is 5. The number of nitriles is 1. The molecule has 1 fully saturated rings. The molecule has 3 rings (SSSR count). The van der Waals surface area contributed by atoms with Gasteiger partial charge >= 0.3 is 0 Å². The van der Waals surface area contributed by atoms with Crippen molar-refractivity contribution >= 4 is 5.91 Å². The van der Waals surface area contributed by atoms with Crippen LogP contribution in [0.1, 0.15) is 36.8 Å². The second-order valence-corrected chi connectivity index (χ2v) is 6.65. The van der Waals surface area contributed by atoms with E-state index in [2.05, 4.69) is 6.07 Å². The maximum atomic E-state index is 12.5. The van der Waals surface area contributed by atoms with Crippen LogP contribution in [-0.2, 0) is 4.79 Å². The van der Waals surface area contributed by atoms with Gasteiger partial charge in [-0.15, -0.1) is 0 Å². The molecule has 2 aromatic rings. The minimum absolute atomic E-state index is 0.0351. The first-order valence-corrected chi connectivity index (χ1v) is 8.91. The van der Waals surface area contributed by atoms with Crippen LogP contribution in [0.2, 0.25) is 0 Å². The van der Waals surface area contributed by atoms with Gasteiger partial charge in [0.1, 0.15) is 11.5 Å². The lowest BCUT2D eigenvalue weighted by atomic mass is 9.93. The standard InChI is InChI=1S/C21H23N3O2/c1-15(20(23)21(25)24-12-2-3-13-24)17-6-10-19(11-7-17)26-18-8-4-16(14-22)5-9-18/h4-11,15,20H,2-3,12-13,23H2,1H3/t15?,20-/m0/s1. The number of benzene rings is 2. The van der Waals surface area contributed by atoms with Gasteiger partial charge in [-0.25, -0.2) is 0 Å². The number of amides is 1. The predicted molar refractivity (Wildman–Crippen MR) is 99.9 cm³/mol. The summed E-state index contributed by atoms with van der Waals surface area (Å²) in [5.41, 5.74) is 7.82. The summed E-state index contributed by atoms with van der Waals surface area (Å²) < 4.78 is 5.79. The Hall–Kier alpha value is -2.84. The Kier molecular flexibility index (Phi) is 5.55. The third-order valence-electron chi connectivity index (χ3n) is 4.87. The fraction of sp³-hybridized carbons (Fsp3) is 0.333. The van der Waals surface area contributed by atoms with E-state index in [0.29, 0.717) is 17.1 Å². The van der Waals surface area contributed by atoms with Crippen LogP contribution in [0.15, 0.2) is 48.5 Å². The number of nitrogens with two attached hydrogens (primary N) is 1. The van der Waals surface area contributed by atoms with Crippen LogP contribution in [0.5, 0.6) is 11.5 Å². The van der Waals surface area contributed by atoms with Gasteiger partial charge in [0.2, 0.25) is 5.91 Å². The number of carbonyl (C=O) groups is 1. The van der Waals surface area contributed by atoms with Gasteiger partial charge in [0.25, 0.3) is 0 Å². The molecule has 2 N–H and O–H groups in total. The van der Waals surface area contributed by atoms with Gasteiger partial charge in [-0.3, -0.25) is 4.79 Å². The Bertz CT molecular complexity index is 788. The van der Waals surface area contributed by atoms with E-state index in [1.807, 2.05) is 36.1 Å². The lowest BCUT2D eigenvalue weighted by molar-refractivity contribution is -0.131. The van der Waals surface area contributed by atoms with Gasteiger partial charge < -0.3 is 15.4 Å². The summed E-state index contributed by atoms with van der Waals surface area (Å²) in [6.07, 6.45) is 2.13. The number of hydrogen-bond donors (Lipinski definition) is 1. The van der Waals surface area contributed by atoms with Gasteiger partial charge in [0, 0.05) is 19.0 Å². The molecule has 2 atom stereocenters. The smallest absolute Gasteiger partial charge is 0.240 e. The summed E-state index contributed by atoms with van der Waals surface area (Å²) in [6, 6.07) is 16.1. The van der Waals surface area contributed by atoms with E-state index in [-0.39, 0.29) is 11.8 Å². The van der Waals surface area contributed by atoms with E-state index in [0.717, 1.165) is 31.5 Å². The Balaban J connectivity index is 1.64. The minimum atomic E-state index is -0.529.